The maximum atomic E-state index is 13.3. The van der Waals surface area contributed by atoms with Gasteiger partial charge in [-0.25, -0.2) is 4.98 Å². The van der Waals surface area contributed by atoms with Crippen molar-refractivity contribution in [3.05, 3.63) is 113 Å². The monoisotopic (exact) mass is 414 g/mol. The second-order valence-electron chi connectivity index (χ2n) is 6.96. The molecule has 0 unspecified atom stereocenters. The molecule has 1 aromatic heterocycles. The number of amides is 1. The van der Waals surface area contributed by atoms with Crippen LogP contribution in [0.5, 0.6) is 0 Å². The Hall–Kier alpha value is -3.38. The molecule has 0 saturated carbocycles. The molecule has 0 fully saturated rings. The lowest BCUT2D eigenvalue weighted by Gasteiger charge is -2.21. The number of carbonyl (C=O) groups is 1. The van der Waals surface area contributed by atoms with Gasteiger partial charge < -0.3 is 5.32 Å². The van der Waals surface area contributed by atoms with Gasteiger partial charge >= 0.3 is 0 Å². The maximum absolute atomic E-state index is 13.3. The molecule has 2 N–H and O–H groups in total. The summed E-state index contributed by atoms with van der Waals surface area (Å²) in [5.41, 5.74) is 4.90. The zero-order valence-corrected chi connectivity index (χ0v) is 17.4. The van der Waals surface area contributed by atoms with Crippen LogP contribution in [0.15, 0.2) is 90.3 Å². The van der Waals surface area contributed by atoms with Crippen molar-refractivity contribution in [2.75, 3.05) is 0 Å². The Morgan fingerprint density at radius 3 is 2.40 bits per heavy atom. The predicted octanol–water partition coefficient (Wildman–Crippen LogP) is 4.92. The smallest absolute Gasteiger partial charge is 0.252 e. The summed E-state index contributed by atoms with van der Waals surface area (Å²) in [7, 11) is 0. The SMILES string of the molecule is Cc1ccc([C@@H](NC(=O)c2ccccc2CSc2ncn[nH]2)c2ccccc2)cc1. The van der Waals surface area contributed by atoms with Crippen molar-refractivity contribution in [2.45, 2.75) is 23.9 Å². The number of aryl methyl sites for hydroxylation is 1. The summed E-state index contributed by atoms with van der Waals surface area (Å²) in [5, 5.41) is 10.7. The molecular weight excluding hydrogens is 392 g/mol. The van der Waals surface area contributed by atoms with Crippen LogP contribution in [0, 0.1) is 6.92 Å². The Morgan fingerprint density at radius 2 is 1.67 bits per heavy atom. The first kappa shape index (κ1) is 19.9. The summed E-state index contributed by atoms with van der Waals surface area (Å²) in [6.07, 6.45) is 1.48. The van der Waals surface area contributed by atoms with E-state index >= 15 is 0 Å². The molecule has 0 aliphatic heterocycles. The number of thioether (sulfide) groups is 1. The fourth-order valence-electron chi connectivity index (χ4n) is 3.25. The summed E-state index contributed by atoms with van der Waals surface area (Å²) in [5.74, 6) is 0.525. The topological polar surface area (TPSA) is 70.7 Å². The van der Waals surface area contributed by atoms with E-state index < -0.39 is 0 Å². The fraction of sp³-hybridized carbons (Fsp3) is 0.125. The second kappa shape index (κ2) is 9.41. The minimum atomic E-state index is -0.228. The maximum Gasteiger partial charge on any atom is 0.252 e. The van der Waals surface area contributed by atoms with Crippen molar-refractivity contribution in [3.63, 3.8) is 0 Å². The zero-order valence-electron chi connectivity index (χ0n) is 16.6. The van der Waals surface area contributed by atoms with Gasteiger partial charge in [0.15, 0.2) is 5.16 Å². The van der Waals surface area contributed by atoms with Gasteiger partial charge in [0, 0.05) is 11.3 Å². The molecule has 0 aliphatic carbocycles. The van der Waals surface area contributed by atoms with Crippen molar-refractivity contribution >= 4 is 17.7 Å². The van der Waals surface area contributed by atoms with E-state index in [4.69, 9.17) is 0 Å². The van der Waals surface area contributed by atoms with E-state index in [1.807, 2.05) is 54.6 Å². The second-order valence-corrected chi connectivity index (χ2v) is 7.93. The highest BCUT2D eigenvalue weighted by Crippen LogP contribution is 2.25. The lowest BCUT2D eigenvalue weighted by Crippen LogP contribution is -2.30. The minimum Gasteiger partial charge on any atom is -0.341 e. The number of aromatic nitrogens is 3. The van der Waals surface area contributed by atoms with Crippen molar-refractivity contribution in [3.8, 4) is 0 Å². The lowest BCUT2D eigenvalue weighted by molar-refractivity contribution is 0.0942. The van der Waals surface area contributed by atoms with E-state index in [1.165, 1.54) is 23.7 Å². The predicted molar refractivity (Wildman–Crippen MR) is 119 cm³/mol. The van der Waals surface area contributed by atoms with E-state index in [1.54, 1.807) is 0 Å². The molecule has 4 rings (SSSR count). The van der Waals surface area contributed by atoms with E-state index in [0.717, 1.165) is 21.8 Å². The van der Waals surface area contributed by atoms with Crippen molar-refractivity contribution in [1.29, 1.82) is 0 Å². The molecule has 5 nitrogen and oxygen atoms in total. The van der Waals surface area contributed by atoms with Gasteiger partial charge in [0.1, 0.15) is 6.33 Å². The summed E-state index contributed by atoms with van der Waals surface area (Å²) >= 11 is 1.52. The van der Waals surface area contributed by atoms with E-state index in [-0.39, 0.29) is 11.9 Å². The summed E-state index contributed by atoms with van der Waals surface area (Å²) in [6.45, 7) is 2.06. The molecule has 1 amide bonds. The molecule has 30 heavy (non-hydrogen) atoms. The quantitative estimate of drug-likeness (QED) is 0.421. The number of nitrogens with zero attached hydrogens (tertiary/aromatic N) is 2. The summed E-state index contributed by atoms with van der Waals surface area (Å²) < 4.78 is 0. The number of nitrogens with one attached hydrogen (secondary N) is 2. The van der Waals surface area contributed by atoms with Crippen LogP contribution in [-0.2, 0) is 5.75 Å². The number of rotatable bonds is 7. The number of carbonyl (C=O) groups excluding carboxylic acids is 1. The van der Waals surface area contributed by atoms with Crippen LogP contribution in [0.2, 0.25) is 0 Å². The van der Waals surface area contributed by atoms with E-state index in [0.29, 0.717) is 11.3 Å². The first-order chi connectivity index (χ1) is 14.7. The molecule has 0 spiro atoms. The molecule has 3 aromatic carbocycles. The van der Waals surface area contributed by atoms with Gasteiger partial charge in [-0.1, -0.05) is 90.1 Å². The molecule has 0 saturated heterocycles. The Kier molecular flexibility index (Phi) is 6.25. The minimum absolute atomic E-state index is 0.0989. The molecule has 1 heterocycles. The van der Waals surface area contributed by atoms with E-state index in [2.05, 4.69) is 51.7 Å². The highest BCUT2D eigenvalue weighted by molar-refractivity contribution is 7.98. The number of H-pyrrole nitrogens is 1. The fourth-order valence-corrected chi connectivity index (χ4v) is 4.03. The summed E-state index contributed by atoms with van der Waals surface area (Å²) in [4.78, 5) is 17.4. The Labute approximate surface area is 180 Å². The molecule has 1 atom stereocenters. The zero-order chi connectivity index (χ0) is 20.8. The molecule has 0 bridgehead atoms. The number of aromatic amines is 1. The number of hydrogen-bond acceptors (Lipinski definition) is 4. The van der Waals surface area contributed by atoms with Gasteiger partial charge in [-0.15, -0.1) is 0 Å². The normalized spacial score (nSPS) is 11.8. The van der Waals surface area contributed by atoms with Crippen LogP contribution in [0.3, 0.4) is 0 Å². The highest BCUT2D eigenvalue weighted by atomic mass is 32.2. The number of hydrogen-bond donors (Lipinski definition) is 2. The third-order valence-corrected chi connectivity index (χ3v) is 5.76. The van der Waals surface area contributed by atoms with Gasteiger partial charge in [0.25, 0.3) is 5.91 Å². The van der Waals surface area contributed by atoms with Crippen molar-refractivity contribution in [1.82, 2.24) is 20.5 Å². The van der Waals surface area contributed by atoms with Gasteiger partial charge in [0.05, 0.1) is 6.04 Å². The number of benzene rings is 3. The third kappa shape index (κ3) is 4.78. The van der Waals surface area contributed by atoms with Gasteiger partial charge in [-0.2, -0.15) is 5.10 Å². The third-order valence-electron chi connectivity index (χ3n) is 4.84. The molecule has 150 valence electrons. The molecule has 6 heteroatoms. The van der Waals surface area contributed by atoms with Gasteiger partial charge in [-0.05, 0) is 29.7 Å². The van der Waals surface area contributed by atoms with Crippen LogP contribution in [-0.4, -0.2) is 21.1 Å². The van der Waals surface area contributed by atoms with Crippen molar-refractivity contribution in [2.24, 2.45) is 0 Å². The molecule has 0 radical (unpaired) electrons. The van der Waals surface area contributed by atoms with Crippen LogP contribution < -0.4 is 5.32 Å². The Balaban J connectivity index is 1.59. The average Bonchev–Trinajstić information content (AvgIpc) is 3.31. The standard InChI is InChI=1S/C24H22N4OS/c1-17-11-13-19(14-12-17)22(18-7-3-2-4-8-18)27-23(29)21-10-6-5-9-20(21)15-30-24-25-16-26-28-24/h2-14,16,22H,15H2,1H3,(H,27,29)(H,25,26,28)/t22-/m0/s1. The van der Waals surface area contributed by atoms with Crippen LogP contribution in [0.4, 0.5) is 0 Å². The first-order valence-corrected chi connectivity index (χ1v) is 10.7. The van der Waals surface area contributed by atoms with E-state index in [9.17, 15) is 4.79 Å². The van der Waals surface area contributed by atoms with Gasteiger partial charge in [0.2, 0.25) is 0 Å². The largest absolute Gasteiger partial charge is 0.341 e. The average molecular weight is 415 g/mol. The van der Waals surface area contributed by atoms with Crippen LogP contribution >= 0.6 is 11.8 Å². The molecule has 4 aromatic rings. The Morgan fingerprint density at radius 1 is 0.967 bits per heavy atom. The molecule has 0 aliphatic rings. The lowest BCUT2D eigenvalue weighted by atomic mass is 9.97. The molecular formula is C24H22N4OS. The summed E-state index contributed by atoms with van der Waals surface area (Å²) in [6, 6.07) is 25.8. The van der Waals surface area contributed by atoms with Crippen LogP contribution in [0.1, 0.15) is 38.7 Å². The highest BCUT2D eigenvalue weighted by Gasteiger charge is 2.19. The van der Waals surface area contributed by atoms with Gasteiger partial charge in [-0.3, -0.25) is 9.89 Å². The van der Waals surface area contributed by atoms with Crippen molar-refractivity contribution < 1.29 is 4.79 Å². The Bertz CT molecular complexity index is 1100. The van der Waals surface area contributed by atoms with Crippen LogP contribution in [0.25, 0.3) is 0 Å². The first-order valence-electron chi connectivity index (χ1n) is 9.69.